The van der Waals surface area contributed by atoms with E-state index in [0.29, 0.717) is 11.5 Å². The lowest BCUT2D eigenvalue weighted by atomic mass is 9.80. The number of rotatable bonds is 9. The summed E-state index contributed by atoms with van der Waals surface area (Å²) >= 11 is 0. The van der Waals surface area contributed by atoms with Gasteiger partial charge in [0.05, 0.1) is 32.8 Å². The molecular weight excluding hydrogens is 512 g/mol. The van der Waals surface area contributed by atoms with Crippen LogP contribution in [0.3, 0.4) is 0 Å². The Morgan fingerprint density at radius 3 is 2.29 bits per heavy atom. The third-order valence-electron chi connectivity index (χ3n) is 7.94. The Kier molecular flexibility index (Phi) is 9.07. The second-order valence-electron chi connectivity index (χ2n) is 11.8. The molecule has 2 aliphatic rings. The van der Waals surface area contributed by atoms with Crippen molar-refractivity contribution in [2.75, 3.05) is 20.8 Å². The maximum atomic E-state index is 12.4. The molecule has 0 saturated carbocycles. The van der Waals surface area contributed by atoms with Gasteiger partial charge in [0.2, 0.25) is 0 Å². The summed E-state index contributed by atoms with van der Waals surface area (Å²) in [4.78, 5) is 24.4. The number of carbonyl (C=O) groups is 2. The van der Waals surface area contributed by atoms with Crippen LogP contribution in [0.4, 0.5) is 4.79 Å². The van der Waals surface area contributed by atoms with Gasteiger partial charge in [-0.15, -0.1) is 0 Å². The van der Waals surface area contributed by atoms with E-state index >= 15 is 0 Å². The second-order valence-corrected chi connectivity index (χ2v) is 16.5. The van der Waals surface area contributed by atoms with Crippen LogP contribution in [0.2, 0.25) is 18.1 Å². The quantitative estimate of drug-likeness (QED) is 0.353. The first kappa shape index (κ1) is 30.2. The van der Waals surface area contributed by atoms with E-state index in [0.717, 1.165) is 0 Å². The summed E-state index contributed by atoms with van der Waals surface area (Å²) in [6, 6.07) is 6.92. The molecule has 214 valence electrons. The van der Waals surface area contributed by atoms with E-state index < -0.39 is 62.5 Å². The number of hydrogen-bond donors (Lipinski definition) is 1. The molecule has 3 rings (SSSR count). The zero-order valence-electron chi connectivity index (χ0n) is 23.8. The summed E-state index contributed by atoms with van der Waals surface area (Å²) in [5, 5.41) is 11.4. The van der Waals surface area contributed by atoms with Crippen LogP contribution in [0.5, 0.6) is 11.5 Å². The lowest BCUT2D eigenvalue weighted by Gasteiger charge is -2.51. The molecule has 2 fully saturated rings. The Labute approximate surface area is 225 Å². The van der Waals surface area contributed by atoms with Gasteiger partial charge in [-0.2, -0.15) is 0 Å². The third-order valence-corrected chi connectivity index (χ3v) is 12.4. The van der Waals surface area contributed by atoms with E-state index in [-0.39, 0.29) is 18.1 Å². The van der Waals surface area contributed by atoms with Crippen LogP contribution in [0.1, 0.15) is 41.0 Å². The molecule has 1 aromatic carbocycles. The fourth-order valence-corrected chi connectivity index (χ4v) is 5.83. The monoisotopic (exact) mass is 554 g/mol. The average Bonchev–Trinajstić information content (AvgIpc) is 3.21. The minimum atomic E-state index is -2.43. The molecule has 0 unspecified atom stereocenters. The van der Waals surface area contributed by atoms with Gasteiger partial charge in [-0.05, 0) is 49.3 Å². The molecule has 1 aromatic rings. The zero-order chi connectivity index (χ0) is 28.5. The van der Waals surface area contributed by atoms with E-state index in [1.54, 1.807) is 38.3 Å². The highest BCUT2D eigenvalue weighted by Gasteiger charge is 2.58. The molecule has 0 spiro atoms. The summed E-state index contributed by atoms with van der Waals surface area (Å²) in [5.41, 5.74) is -1.16. The first-order valence-corrected chi connectivity index (χ1v) is 15.8. The third kappa shape index (κ3) is 6.44. The van der Waals surface area contributed by atoms with Crippen LogP contribution in [0, 0.1) is 5.92 Å². The number of aliphatic hydroxyl groups is 1. The molecule has 0 amide bonds. The molecule has 0 aliphatic carbocycles. The van der Waals surface area contributed by atoms with Crippen molar-refractivity contribution in [3.63, 3.8) is 0 Å². The van der Waals surface area contributed by atoms with Gasteiger partial charge in [-0.1, -0.05) is 27.7 Å². The van der Waals surface area contributed by atoms with Crippen molar-refractivity contribution in [2.24, 2.45) is 5.92 Å². The van der Waals surface area contributed by atoms with Crippen LogP contribution < -0.4 is 9.47 Å². The fraction of sp³-hybridized carbons (Fsp3) is 0.704. The Morgan fingerprint density at radius 1 is 1.18 bits per heavy atom. The van der Waals surface area contributed by atoms with Gasteiger partial charge in [0.1, 0.15) is 30.3 Å². The molecule has 0 radical (unpaired) electrons. The number of cyclic esters (lactones) is 2. The Hall–Kier alpha value is -2.34. The summed E-state index contributed by atoms with van der Waals surface area (Å²) in [5.74, 6) is 0.114. The van der Waals surface area contributed by atoms with Crippen molar-refractivity contribution in [1.29, 1.82) is 0 Å². The maximum absolute atomic E-state index is 12.4. The van der Waals surface area contributed by atoms with Gasteiger partial charge >= 0.3 is 12.1 Å². The van der Waals surface area contributed by atoms with Crippen molar-refractivity contribution in [3.05, 3.63) is 24.3 Å². The lowest BCUT2D eigenvalue weighted by molar-refractivity contribution is -0.232. The first-order chi connectivity index (χ1) is 17.6. The fourth-order valence-electron chi connectivity index (χ4n) is 4.46. The predicted octanol–water partition coefficient (Wildman–Crippen LogP) is 4.09. The normalized spacial score (nSPS) is 30.7. The van der Waals surface area contributed by atoms with Crippen molar-refractivity contribution >= 4 is 20.4 Å². The predicted molar refractivity (Wildman–Crippen MR) is 141 cm³/mol. The number of methoxy groups -OCH3 is 2. The summed E-state index contributed by atoms with van der Waals surface area (Å²) in [6.07, 6.45) is -5.25. The highest BCUT2D eigenvalue weighted by atomic mass is 28.4. The van der Waals surface area contributed by atoms with Gasteiger partial charge in [0.15, 0.2) is 20.0 Å². The van der Waals surface area contributed by atoms with Crippen LogP contribution in [-0.2, 0) is 28.2 Å². The van der Waals surface area contributed by atoms with Gasteiger partial charge in [0, 0.05) is 5.92 Å². The van der Waals surface area contributed by atoms with Gasteiger partial charge in [-0.25, -0.2) is 4.79 Å². The molecule has 2 saturated heterocycles. The topological polar surface area (TPSA) is 119 Å². The smallest absolute Gasteiger partial charge is 0.497 e. The van der Waals surface area contributed by atoms with E-state index in [2.05, 4.69) is 33.9 Å². The highest BCUT2D eigenvalue weighted by Crippen LogP contribution is 2.44. The molecule has 2 aliphatic heterocycles. The lowest BCUT2D eigenvalue weighted by Crippen LogP contribution is -2.65. The van der Waals surface area contributed by atoms with Crippen molar-refractivity contribution in [2.45, 2.75) is 95.3 Å². The van der Waals surface area contributed by atoms with Crippen molar-refractivity contribution in [3.8, 4) is 11.5 Å². The van der Waals surface area contributed by atoms with Gasteiger partial charge < -0.3 is 38.0 Å². The van der Waals surface area contributed by atoms with Crippen LogP contribution in [0.15, 0.2) is 24.3 Å². The number of benzene rings is 1. The number of hydrogen-bond acceptors (Lipinski definition) is 10. The summed E-state index contributed by atoms with van der Waals surface area (Å²) < 4.78 is 40.5. The Bertz CT molecular complexity index is 975. The van der Waals surface area contributed by atoms with Crippen molar-refractivity contribution < 1.29 is 47.5 Å². The number of ether oxygens (including phenoxy) is 6. The van der Waals surface area contributed by atoms with Crippen LogP contribution >= 0.6 is 0 Å². The van der Waals surface area contributed by atoms with Crippen LogP contribution in [-0.4, -0.2) is 82.5 Å². The van der Waals surface area contributed by atoms with E-state index in [1.807, 2.05) is 6.92 Å². The SMILES string of the molecule is COC(=O)C[C@H]1O[C@@H]([C@H](O[Si](C)(C)C(C)(C)C)[C@]2(C)COC(=O)O2)[C@H](C)[C@@H](O)[C@@H]1Oc1ccc(OC)cc1. The van der Waals surface area contributed by atoms with E-state index in [9.17, 15) is 14.7 Å². The average molecular weight is 555 g/mol. The van der Waals surface area contributed by atoms with E-state index in [4.69, 9.17) is 32.8 Å². The molecule has 38 heavy (non-hydrogen) atoms. The molecule has 11 heteroatoms. The largest absolute Gasteiger partial charge is 0.509 e. The number of carbonyl (C=O) groups excluding carboxylic acids is 2. The highest BCUT2D eigenvalue weighted by molar-refractivity contribution is 6.74. The van der Waals surface area contributed by atoms with Crippen molar-refractivity contribution in [1.82, 2.24) is 0 Å². The number of aliphatic hydroxyl groups excluding tert-OH is 1. The molecule has 7 atom stereocenters. The number of esters is 1. The van der Waals surface area contributed by atoms with Crippen LogP contribution in [0.25, 0.3) is 0 Å². The first-order valence-electron chi connectivity index (χ1n) is 12.9. The zero-order valence-corrected chi connectivity index (χ0v) is 24.8. The minimum Gasteiger partial charge on any atom is -0.497 e. The Morgan fingerprint density at radius 2 is 1.79 bits per heavy atom. The molecular formula is C27H42O10Si. The maximum Gasteiger partial charge on any atom is 0.509 e. The molecule has 1 N–H and O–H groups in total. The summed E-state index contributed by atoms with van der Waals surface area (Å²) in [6.45, 7) is 14.0. The van der Waals surface area contributed by atoms with E-state index in [1.165, 1.54) is 7.11 Å². The molecule has 2 heterocycles. The van der Waals surface area contributed by atoms with Gasteiger partial charge in [-0.3, -0.25) is 4.79 Å². The molecule has 10 nitrogen and oxygen atoms in total. The molecule has 0 bridgehead atoms. The second kappa shape index (κ2) is 11.4. The standard InChI is InChI=1S/C27H42O10Si/c1-16-21(29)23(34-18-12-10-17(31-6)11-13-18)19(14-20(28)32-7)35-22(16)24(27(5)15-33-25(30)36-27)37-38(8,9)26(2,3)4/h10-13,16,19,21-24,29H,14-15H2,1-9H3/t16-,19-,21-,22-,23-,24+,27+/m1/s1. The summed E-state index contributed by atoms with van der Waals surface area (Å²) in [7, 11) is 0.429. The molecule has 0 aromatic heterocycles. The van der Waals surface area contributed by atoms with Gasteiger partial charge in [0.25, 0.3) is 0 Å². The minimum absolute atomic E-state index is 0.0265. The Balaban J connectivity index is 1.98.